The van der Waals surface area contributed by atoms with Gasteiger partial charge in [-0.3, -0.25) is 10.2 Å². The third-order valence-corrected chi connectivity index (χ3v) is 3.19. The monoisotopic (exact) mass is 293 g/mol. The number of rotatable bonds is 6. The van der Waals surface area contributed by atoms with Crippen molar-refractivity contribution >= 4 is 28.7 Å². The number of hydrogen-bond acceptors (Lipinski definition) is 7. The van der Waals surface area contributed by atoms with Crippen LogP contribution in [-0.4, -0.2) is 23.8 Å². The minimum atomic E-state index is -0.253. The molecule has 0 saturated heterocycles. The Bertz CT molecular complexity index is 604. The minimum Gasteiger partial charge on any atom is -0.466 e. The molecule has 0 aliphatic rings. The summed E-state index contributed by atoms with van der Waals surface area (Å²) >= 11 is 1.36. The molecule has 0 bridgehead atoms. The first kappa shape index (κ1) is 14.3. The molecule has 0 aromatic carbocycles. The SMILES string of the molecule is CCOC(=O)Cc1cnc(N/N=C/c2ccc(C)o2)s1. The lowest BCUT2D eigenvalue weighted by atomic mass is 10.4. The second kappa shape index (κ2) is 6.85. The summed E-state index contributed by atoms with van der Waals surface area (Å²) in [5.74, 6) is 1.24. The van der Waals surface area contributed by atoms with Crippen molar-refractivity contribution in [3.63, 3.8) is 0 Å². The van der Waals surface area contributed by atoms with E-state index in [4.69, 9.17) is 9.15 Å². The third-order valence-electron chi connectivity index (χ3n) is 2.29. The summed E-state index contributed by atoms with van der Waals surface area (Å²) in [5, 5.41) is 4.63. The van der Waals surface area contributed by atoms with Gasteiger partial charge in [0.15, 0.2) is 0 Å². The van der Waals surface area contributed by atoms with E-state index in [-0.39, 0.29) is 12.4 Å². The van der Waals surface area contributed by atoms with Crippen LogP contribution in [0.4, 0.5) is 5.13 Å². The predicted molar refractivity (Wildman–Crippen MR) is 77.1 cm³/mol. The molecule has 20 heavy (non-hydrogen) atoms. The van der Waals surface area contributed by atoms with Crippen LogP contribution < -0.4 is 5.43 Å². The van der Waals surface area contributed by atoms with E-state index in [1.807, 2.05) is 19.1 Å². The van der Waals surface area contributed by atoms with E-state index in [0.717, 1.165) is 10.6 Å². The number of hydrazone groups is 1. The zero-order valence-electron chi connectivity index (χ0n) is 11.3. The van der Waals surface area contributed by atoms with Gasteiger partial charge >= 0.3 is 5.97 Å². The van der Waals surface area contributed by atoms with Crippen molar-refractivity contribution in [1.29, 1.82) is 0 Å². The van der Waals surface area contributed by atoms with Gasteiger partial charge in [0, 0.05) is 11.1 Å². The van der Waals surface area contributed by atoms with Crippen LogP contribution in [0.25, 0.3) is 0 Å². The smallest absolute Gasteiger partial charge is 0.311 e. The summed E-state index contributed by atoms with van der Waals surface area (Å²) in [6, 6.07) is 3.69. The van der Waals surface area contributed by atoms with Crippen LogP contribution in [-0.2, 0) is 16.0 Å². The first-order valence-corrected chi connectivity index (χ1v) is 6.95. The fourth-order valence-corrected chi connectivity index (χ4v) is 2.22. The average Bonchev–Trinajstić information content (AvgIpc) is 3.00. The summed E-state index contributed by atoms with van der Waals surface area (Å²) < 4.78 is 10.2. The Morgan fingerprint density at radius 1 is 1.60 bits per heavy atom. The maximum absolute atomic E-state index is 11.3. The van der Waals surface area contributed by atoms with Gasteiger partial charge < -0.3 is 9.15 Å². The van der Waals surface area contributed by atoms with E-state index < -0.39 is 0 Å². The molecule has 0 unspecified atom stereocenters. The Morgan fingerprint density at radius 2 is 2.45 bits per heavy atom. The van der Waals surface area contributed by atoms with Gasteiger partial charge in [0.25, 0.3) is 0 Å². The molecule has 0 aliphatic carbocycles. The first-order valence-electron chi connectivity index (χ1n) is 6.13. The summed E-state index contributed by atoms with van der Waals surface area (Å²) in [7, 11) is 0. The van der Waals surface area contributed by atoms with Crippen LogP contribution in [0, 0.1) is 6.92 Å². The molecule has 2 heterocycles. The number of ether oxygens (including phenoxy) is 1. The van der Waals surface area contributed by atoms with Crippen LogP contribution in [0.15, 0.2) is 27.8 Å². The number of aromatic nitrogens is 1. The van der Waals surface area contributed by atoms with Crippen LogP contribution in [0.1, 0.15) is 23.3 Å². The molecule has 0 fully saturated rings. The zero-order valence-corrected chi connectivity index (χ0v) is 12.1. The lowest BCUT2D eigenvalue weighted by Crippen LogP contribution is -2.06. The van der Waals surface area contributed by atoms with Gasteiger partial charge in [0.2, 0.25) is 5.13 Å². The van der Waals surface area contributed by atoms with Crippen LogP contribution in [0.5, 0.6) is 0 Å². The van der Waals surface area contributed by atoms with Gasteiger partial charge in [-0.05, 0) is 26.0 Å². The lowest BCUT2D eigenvalue weighted by molar-refractivity contribution is -0.142. The van der Waals surface area contributed by atoms with Gasteiger partial charge in [0.1, 0.15) is 11.5 Å². The number of esters is 1. The maximum atomic E-state index is 11.3. The molecule has 0 saturated carbocycles. The number of thiazole rings is 1. The van der Waals surface area contributed by atoms with Crippen molar-refractivity contribution < 1.29 is 13.9 Å². The minimum absolute atomic E-state index is 0.230. The van der Waals surface area contributed by atoms with Crippen molar-refractivity contribution in [2.75, 3.05) is 12.0 Å². The molecule has 0 aliphatic heterocycles. The molecule has 0 radical (unpaired) electrons. The summed E-state index contributed by atoms with van der Waals surface area (Å²) in [6.07, 6.45) is 3.43. The molecule has 2 rings (SSSR count). The summed E-state index contributed by atoms with van der Waals surface area (Å²) in [5.41, 5.74) is 2.79. The molecular formula is C13H15N3O3S. The van der Waals surface area contributed by atoms with Crippen LogP contribution >= 0.6 is 11.3 Å². The van der Waals surface area contributed by atoms with E-state index in [2.05, 4.69) is 15.5 Å². The van der Waals surface area contributed by atoms with Gasteiger partial charge in [-0.25, -0.2) is 4.98 Å². The summed E-state index contributed by atoms with van der Waals surface area (Å²) in [4.78, 5) is 16.3. The van der Waals surface area contributed by atoms with Crippen LogP contribution in [0.2, 0.25) is 0 Å². The number of furan rings is 1. The van der Waals surface area contributed by atoms with Crippen molar-refractivity contribution in [2.45, 2.75) is 20.3 Å². The van der Waals surface area contributed by atoms with Crippen molar-refractivity contribution in [2.24, 2.45) is 5.10 Å². The third kappa shape index (κ3) is 4.20. The van der Waals surface area contributed by atoms with E-state index >= 15 is 0 Å². The number of carbonyl (C=O) groups excluding carboxylic acids is 1. The van der Waals surface area contributed by atoms with Crippen molar-refractivity contribution in [1.82, 2.24) is 4.98 Å². The molecule has 106 valence electrons. The predicted octanol–water partition coefficient (Wildman–Crippen LogP) is 2.60. The van der Waals surface area contributed by atoms with E-state index in [1.54, 1.807) is 19.3 Å². The Hall–Kier alpha value is -2.15. The molecule has 0 amide bonds. The number of hydrogen-bond donors (Lipinski definition) is 1. The number of carbonyl (C=O) groups is 1. The fraction of sp³-hybridized carbons (Fsp3) is 0.308. The lowest BCUT2D eigenvalue weighted by Gasteiger charge is -1.97. The summed E-state index contributed by atoms with van der Waals surface area (Å²) in [6.45, 7) is 4.03. The van der Waals surface area contributed by atoms with E-state index in [9.17, 15) is 4.79 Å². The van der Waals surface area contributed by atoms with Gasteiger partial charge in [-0.15, -0.1) is 0 Å². The second-order valence-electron chi connectivity index (χ2n) is 3.93. The quantitative estimate of drug-likeness (QED) is 0.503. The molecule has 2 aromatic heterocycles. The second-order valence-corrected chi connectivity index (χ2v) is 5.05. The molecule has 0 atom stereocenters. The highest BCUT2D eigenvalue weighted by atomic mass is 32.1. The highest BCUT2D eigenvalue weighted by Gasteiger charge is 2.07. The fourth-order valence-electron chi connectivity index (χ4n) is 1.47. The van der Waals surface area contributed by atoms with E-state index in [1.165, 1.54) is 11.3 Å². The van der Waals surface area contributed by atoms with Crippen molar-refractivity contribution in [3.05, 3.63) is 34.7 Å². The molecular weight excluding hydrogens is 278 g/mol. The highest BCUT2D eigenvalue weighted by Crippen LogP contribution is 2.18. The normalized spacial score (nSPS) is 10.9. The first-order chi connectivity index (χ1) is 9.67. The Morgan fingerprint density at radius 3 is 3.15 bits per heavy atom. The molecule has 0 spiro atoms. The van der Waals surface area contributed by atoms with Gasteiger partial charge in [-0.1, -0.05) is 11.3 Å². The van der Waals surface area contributed by atoms with Gasteiger partial charge in [-0.2, -0.15) is 5.10 Å². The molecule has 1 N–H and O–H groups in total. The number of nitrogens with one attached hydrogen (secondary N) is 1. The topological polar surface area (TPSA) is 76.7 Å². The van der Waals surface area contributed by atoms with E-state index in [0.29, 0.717) is 17.5 Å². The Labute approximate surface area is 120 Å². The average molecular weight is 293 g/mol. The molecule has 2 aromatic rings. The number of anilines is 1. The van der Waals surface area contributed by atoms with Crippen LogP contribution in [0.3, 0.4) is 0 Å². The standard InChI is InChI=1S/C13H15N3O3S/c1-3-18-12(17)6-11-8-14-13(20-11)16-15-7-10-5-4-9(2)19-10/h4-5,7-8H,3,6H2,1-2H3,(H,14,16)/b15-7+. The highest BCUT2D eigenvalue weighted by molar-refractivity contribution is 7.15. The van der Waals surface area contributed by atoms with Crippen molar-refractivity contribution in [3.8, 4) is 0 Å². The number of nitrogens with zero attached hydrogens (tertiary/aromatic N) is 2. The Balaban J connectivity index is 1.86. The zero-order chi connectivity index (χ0) is 14.4. The largest absolute Gasteiger partial charge is 0.466 e. The molecule has 6 nitrogen and oxygen atoms in total. The Kier molecular flexibility index (Phi) is 4.89. The molecule has 7 heteroatoms. The maximum Gasteiger partial charge on any atom is 0.311 e. The number of aryl methyl sites for hydroxylation is 1. The van der Waals surface area contributed by atoms with Gasteiger partial charge in [0.05, 0.1) is 19.2 Å².